The lowest BCUT2D eigenvalue weighted by molar-refractivity contribution is -0.119. The Morgan fingerprint density at radius 1 is 0.857 bits per heavy atom. The summed E-state index contributed by atoms with van der Waals surface area (Å²) < 4.78 is 11.2. The number of ether oxygens (including phenoxy) is 2. The second kappa shape index (κ2) is 15.6. The van der Waals surface area contributed by atoms with Crippen LogP contribution in [0.4, 0.5) is 0 Å². The van der Waals surface area contributed by atoms with Crippen molar-refractivity contribution < 1.29 is 19.1 Å². The third-order valence-electron chi connectivity index (χ3n) is 9.48. The predicted octanol–water partition coefficient (Wildman–Crippen LogP) is 7.04. The summed E-state index contributed by atoms with van der Waals surface area (Å²) in [6.07, 6.45) is 9.50. The zero-order chi connectivity index (χ0) is 34.5. The summed E-state index contributed by atoms with van der Waals surface area (Å²) in [5.41, 5.74) is 5.43. The topological polar surface area (TPSA) is 128 Å². The van der Waals surface area contributed by atoms with Gasteiger partial charge in [0.05, 0.1) is 48.0 Å². The maximum absolute atomic E-state index is 11.7. The lowest BCUT2D eigenvalue weighted by Gasteiger charge is -2.20. The first kappa shape index (κ1) is 34.7. The molecule has 3 atom stereocenters. The van der Waals surface area contributed by atoms with Gasteiger partial charge in [-0.1, -0.05) is 59.6 Å². The Morgan fingerprint density at radius 3 is 2.00 bits per heavy atom. The first-order valence-corrected chi connectivity index (χ1v) is 17.4. The first-order chi connectivity index (χ1) is 23.7. The van der Waals surface area contributed by atoms with Crippen LogP contribution in [-0.2, 0) is 22.6 Å². The van der Waals surface area contributed by atoms with Crippen LogP contribution in [0, 0.1) is 5.92 Å². The quantitative estimate of drug-likeness (QED) is 0.151. The van der Waals surface area contributed by atoms with Crippen molar-refractivity contribution in [2.45, 2.75) is 76.9 Å². The number of halogens is 2. The van der Waals surface area contributed by atoms with Gasteiger partial charge in [-0.05, 0) is 44.9 Å². The van der Waals surface area contributed by atoms with E-state index in [0.29, 0.717) is 93.9 Å². The Kier molecular flexibility index (Phi) is 11.1. The molecular formula is C37H40Cl2N6O4. The summed E-state index contributed by atoms with van der Waals surface area (Å²) >= 11 is 14.1. The number of rotatable bonds is 13. The molecule has 6 rings (SSSR count). The minimum absolute atomic E-state index is 0.121. The van der Waals surface area contributed by atoms with E-state index in [4.69, 9.17) is 42.6 Å². The highest BCUT2D eigenvalue weighted by atomic mass is 35.5. The zero-order valence-corrected chi connectivity index (χ0v) is 29.4. The number of carbonyl (C=O) groups is 2. The monoisotopic (exact) mass is 702 g/mol. The molecule has 3 heterocycles. The fourth-order valence-corrected chi connectivity index (χ4v) is 7.30. The molecule has 0 bridgehead atoms. The van der Waals surface area contributed by atoms with Crippen molar-refractivity contribution in [1.29, 1.82) is 0 Å². The third kappa shape index (κ3) is 7.87. The molecule has 2 aromatic heterocycles. The molecule has 4 aromatic rings. The summed E-state index contributed by atoms with van der Waals surface area (Å²) in [6.45, 7) is 2.57. The van der Waals surface area contributed by atoms with E-state index in [1.165, 1.54) is 0 Å². The lowest BCUT2D eigenvalue weighted by Crippen LogP contribution is -2.32. The molecular weight excluding hydrogens is 663 g/mol. The number of nitrogens with one attached hydrogen (secondary N) is 2. The van der Waals surface area contributed by atoms with Crippen LogP contribution in [-0.4, -0.2) is 57.9 Å². The number of ketones is 1. The van der Waals surface area contributed by atoms with Gasteiger partial charge in [0.15, 0.2) is 0 Å². The highest BCUT2D eigenvalue weighted by Crippen LogP contribution is 2.42. The fourth-order valence-electron chi connectivity index (χ4n) is 6.65. The molecule has 256 valence electrons. The number of carbonyl (C=O) groups excluding carboxylic acids is 2. The Hall–Kier alpha value is -4.12. The zero-order valence-electron chi connectivity index (χ0n) is 27.9. The van der Waals surface area contributed by atoms with Crippen molar-refractivity contribution in [1.82, 2.24) is 30.6 Å². The maximum atomic E-state index is 11.7. The molecule has 0 unspecified atom stereocenters. The molecule has 12 heteroatoms. The number of methoxy groups -OCH3 is 2. The highest BCUT2D eigenvalue weighted by Gasteiger charge is 2.27. The molecule has 1 saturated carbocycles. The van der Waals surface area contributed by atoms with E-state index >= 15 is 0 Å². The standard InChI is InChI=1S/C37H40Cl2N6O4/c1-21(22-13-15-24(46)17-22)40-20-32-37(49-3)45-31(19-42-32)28-11-6-9-26(35(28)39)25-8-5-10-27(34(25)38)30-18-41-29(36(44-30)48-2)12-4-7-23-14-16-33(47)43-23/h5-6,8-11,18-19,21-23,40H,4,7,12-17,20H2,1-3H3,(H,43,47)/t21-,22-,23-/m1/s1. The van der Waals surface area contributed by atoms with Crippen molar-refractivity contribution in [2.75, 3.05) is 14.2 Å². The summed E-state index contributed by atoms with van der Waals surface area (Å²) in [5, 5.41) is 7.45. The average Bonchev–Trinajstić information content (AvgIpc) is 3.75. The van der Waals surface area contributed by atoms with E-state index in [9.17, 15) is 9.59 Å². The van der Waals surface area contributed by atoms with Gasteiger partial charge in [0.25, 0.3) is 0 Å². The van der Waals surface area contributed by atoms with Crippen LogP contribution in [0.5, 0.6) is 11.8 Å². The second-order valence-electron chi connectivity index (χ2n) is 12.7. The highest BCUT2D eigenvalue weighted by molar-refractivity contribution is 6.39. The number of aromatic nitrogens is 4. The number of nitrogens with zero attached hydrogens (tertiary/aromatic N) is 4. The van der Waals surface area contributed by atoms with Crippen LogP contribution in [0.25, 0.3) is 33.6 Å². The van der Waals surface area contributed by atoms with Gasteiger partial charge in [-0.15, -0.1) is 0 Å². The van der Waals surface area contributed by atoms with Crippen LogP contribution in [0.1, 0.15) is 63.3 Å². The molecule has 10 nitrogen and oxygen atoms in total. The van der Waals surface area contributed by atoms with Crippen molar-refractivity contribution >= 4 is 34.9 Å². The normalized spacial score (nSPS) is 18.1. The van der Waals surface area contributed by atoms with E-state index in [1.807, 2.05) is 36.4 Å². The molecule has 2 aromatic carbocycles. The van der Waals surface area contributed by atoms with Gasteiger partial charge >= 0.3 is 0 Å². The first-order valence-electron chi connectivity index (χ1n) is 16.7. The molecule has 0 radical (unpaired) electrons. The fraction of sp³-hybridized carbons (Fsp3) is 0.405. The van der Waals surface area contributed by atoms with E-state index < -0.39 is 0 Å². The van der Waals surface area contributed by atoms with Gasteiger partial charge < -0.3 is 20.1 Å². The van der Waals surface area contributed by atoms with Gasteiger partial charge in [-0.2, -0.15) is 0 Å². The summed E-state index contributed by atoms with van der Waals surface area (Å²) in [6, 6.07) is 11.8. The number of Topliss-reactive ketones (excluding diaryl/α,β-unsaturated/α-hetero) is 1. The van der Waals surface area contributed by atoms with E-state index in [2.05, 4.69) is 27.5 Å². The molecule has 2 N–H and O–H groups in total. The number of hydrogen-bond donors (Lipinski definition) is 2. The smallest absolute Gasteiger partial charge is 0.237 e. The van der Waals surface area contributed by atoms with Crippen LogP contribution in [0.15, 0.2) is 48.8 Å². The molecule has 49 heavy (non-hydrogen) atoms. The van der Waals surface area contributed by atoms with Crippen LogP contribution in [0.3, 0.4) is 0 Å². The second-order valence-corrected chi connectivity index (χ2v) is 13.4. The van der Waals surface area contributed by atoms with Crippen molar-refractivity contribution in [3.8, 4) is 45.4 Å². The number of hydrogen-bond acceptors (Lipinski definition) is 9. The van der Waals surface area contributed by atoms with Crippen LogP contribution in [0.2, 0.25) is 10.0 Å². The molecule has 2 aliphatic rings. The molecule has 1 aliphatic carbocycles. The Bertz CT molecular complexity index is 1850. The minimum Gasteiger partial charge on any atom is -0.480 e. The van der Waals surface area contributed by atoms with Gasteiger partial charge in [0.2, 0.25) is 17.7 Å². The molecule has 1 aliphatic heterocycles. The molecule has 1 saturated heterocycles. The molecule has 2 fully saturated rings. The Balaban J connectivity index is 1.21. The van der Waals surface area contributed by atoms with Crippen LogP contribution >= 0.6 is 23.2 Å². The van der Waals surface area contributed by atoms with E-state index in [-0.39, 0.29) is 18.0 Å². The predicted molar refractivity (Wildman–Crippen MR) is 190 cm³/mol. The number of amides is 1. The van der Waals surface area contributed by atoms with Crippen molar-refractivity contribution in [3.63, 3.8) is 0 Å². The Morgan fingerprint density at radius 2 is 1.45 bits per heavy atom. The SMILES string of the molecule is COc1nc(-c2cccc(-c3cccc(-c4cnc(CN[C@H](C)[C@@H]5CCC(=O)C5)c(OC)n4)c3Cl)c2Cl)cnc1CCC[C@@H]1CCC(=O)N1. The van der Waals surface area contributed by atoms with E-state index in [1.54, 1.807) is 26.6 Å². The summed E-state index contributed by atoms with van der Waals surface area (Å²) in [5.74, 6) is 1.63. The molecule has 1 amide bonds. The van der Waals surface area contributed by atoms with Crippen molar-refractivity contribution in [3.05, 3.63) is 70.2 Å². The average molecular weight is 704 g/mol. The van der Waals surface area contributed by atoms with Gasteiger partial charge in [-0.3, -0.25) is 19.6 Å². The maximum Gasteiger partial charge on any atom is 0.237 e. The minimum atomic E-state index is 0.121. The molecule has 0 spiro atoms. The summed E-state index contributed by atoms with van der Waals surface area (Å²) in [4.78, 5) is 42.1. The summed E-state index contributed by atoms with van der Waals surface area (Å²) in [7, 11) is 3.15. The van der Waals surface area contributed by atoms with Crippen molar-refractivity contribution in [2.24, 2.45) is 5.92 Å². The van der Waals surface area contributed by atoms with Gasteiger partial charge in [-0.25, -0.2) is 9.97 Å². The van der Waals surface area contributed by atoms with Gasteiger partial charge in [0, 0.05) is 60.1 Å². The lowest BCUT2D eigenvalue weighted by atomic mass is 9.98. The van der Waals surface area contributed by atoms with Gasteiger partial charge in [0.1, 0.15) is 17.2 Å². The Labute approximate surface area is 296 Å². The number of benzene rings is 2. The largest absolute Gasteiger partial charge is 0.480 e. The van der Waals surface area contributed by atoms with E-state index in [0.717, 1.165) is 42.5 Å². The van der Waals surface area contributed by atoms with Crippen LogP contribution < -0.4 is 20.1 Å². The number of aryl methyl sites for hydroxylation is 1. The third-order valence-corrected chi connectivity index (χ3v) is 10.3.